The quantitative estimate of drug-likeness (QED) is 0.700. The van der Waals surface area contributed by atoms with Crippen LogP contribution >= 0.6 is 0 Å². The maximum atomic E-state index is 5.71. The predicted molar refractivity (Wildman–Crippen MR) is 107 cm³/mol. The Balaban J connectivity index is 1.42. The smallest absolute Gasteiger partial charge is 0.257 e. The van der Waals surface area contributed by atoms with E-state index in [-0.39, 0.29) is 0 Å². The second-order valence-corrected chi connectivity index (χ2v) is 6.57. The minimum Gasteiger partial charge on any atom is -0.484 e. The van der Waals surface area contributed by atoms with Gasteiger partial charge in [0.1, 0.15) is 31.2 Å². The third-order valence-electron chi connectivity index (χ3n) is 4.39. The molecule has 0 unspecified atom stereocenters. The summed E-state index contributed by atoms with van der Waals surface area (Å²) in [7, 11) is 3.93. The van der Waals surface area contributed by atoms with Crippen LogP contribution in [0.4, 0.5) is 11.6 Å². The minimum absolute atomic E-state index is 0.537. The lowest BCUT2D eigenvalue weighted by atomic mass is 10.1. The largest absolute Gasteiger partial charge is 0.484 e. The van der Waals surface area contributed by atoms with Gasteiger partial charge in [-0.3, -0.25) is 0 Å². The molecule has 1 aliphatic rings. The molecule has 3 aromatic heterocycles. The number of ether oxygens (including phenoxy) is 2. The highest BCUT2D eigenvalue weighted by Gasteiger charge is 2.16. The summed E-state index contributed by atoms with van der Waals surface area (Å²) < 4.78 is 11.2. The number of nitrogens with zero attached hydrogens (tertiary/aromatic N) is 5. The van der Waals surface area contributed by atoms with E-state index in [1.807, 2.05) is 49.5 Å². The van der Waals surface area contributed by atoms with E-state index < -0.39 is 0 Å². The Hall–Kier alpha value is -3.42. The fourth-order valence-corrected chi connectivity index (χ4v) is 2.94. The fourth-order valence-electron chi connectivity index (χ4n) is 2.94. The van der Waals surface area contributed by atoms with E-state index in [0.717, 1.165) is 40.6 Å². The van der Waals surface area contributed by atoms with Crippen molar-refractivity contribution in [1.82, 2.24) is 19.9 Å². The molecule has 0 saturated carbocycles. The van der Waals surface area contributed by atoms with E-state index in [0.29, 0.717) is 25.6 Å². The van der Waals surface area contributed by atoms with E-state index in [9.17, 15) is 0 Å². The lowest BCUT2D eigenvalue weighted by Crippen LogP contribution is -2.18. The Morgan fingerprint density at radius 3 is 2.75 bits per heavy atom. The molecule has 28 heavy (non-hydrogen) atoms. The van der Waals surface area contributed by atoms with Crippen LogP contribution in [0, 0.1) is 0 Å². The number of aromatic nitrogens is 4. The second-order valence-electron chi connectivity index (χ2n) is 6.57. The molecule has 0 amide bonds. The molecule has 4 rings (SSSR count). The van der Waals surface area contributed by atoms with Crippen molar-refractivity contribution in [3.63, 3.8) is 0 Å². The average Bonchev–Trinajstić information content (AvgIpc) is 2.74. The maximum absolute atomic E-state index is 5.71. The molecule has 0 aromatic carbocycles. The molecule has 8 nitrogen and oxygen atoms in total. The zero-order chi connectivity index (χ0) is 19.3. The first-order chi connectivity index (χ1) is 13.7. The summed E-state index contributed by atoms with van der Waals surface area (Å²) in [5.41, 5.74) is 2.84. The van der Waals surface area contributed by atoms with Crippen molar-refractivity contribution in [1.29, 1.82) is 0 Å². The third kappa shape index (κ3) is 3.95. The van der Waals surface area contributed by atoms with Crippen molar-refractivity contribution in [2.24, 2.45) is 0 Å². The van der Waals surface area contributed by atoms with Gasteiger partial charge >= 0.3 is 0 Å². The molecule has 0 saturated heterocycles. The zero-order valence-electron chi connectivity index (χ0n) is 15.9. The zero-order valence-corrected chi connectivity index (χ0v) is 15.9. The molecule has 144 valence electrons. The molecule has 1 N–H and O–H groups in total. The van der Waals surface area contributed by atoms with Gasteiger partial charge in [0, 0.05) is 50.2 Å². The van der Waals surface area contributed by atoms with E-state index in [4.69, 9.17) is 9.47 Å². The molecule has 4 heterocycles. The summed E-state index contributed by atoms with van der Waals surface area (Å²) in [6, 6.07) is 7.86. The molecule has 0 radical (unpaired) electrons. The summed E-state index contributed by atoms with van der Waals surface area (Å²) in [5, 5.41) is 3.34. The van der Waals surface area contributed by atoms with Gasteiger partial charge in [0.25, 0.3) is 5.88 Å². The van der Waals surface area contributed by atoms with Crippen LogP contribution in [0.25, 0.3) is 11.3 Å². The van der Waals surface area contributed by atoms with Crippen LogP contribution in [0.2, 0.25) is 0 Å². The highest BCUT2D eigenvalue weighted by Crippen LogP contribution is 2.31. The monoisotopic (exact) mass is 378 g/mol. The van der Waals surface area contributed by atoms with Gasteiger partial charge in [0.05, 0.1) is 5.69 Å². The molecule has 0 aliphatic carbocycles. The number of rotatable bonds is 6. The average molecular weight is 378 g/mol. The normalized spacial score (nSPS) is 12.5. The van der Waals surface area contributed by atoms with Crippen LogP contribution in [0.15, 0.2) is 43.0 Å². The third-order valence-corrected chi connectivity index (χ3v) is 4.39. The van der Waals surface area contributed by atoms with Crippen molar-refractivity contribution in [2.45, 2.75) is 6.42 Å². The van der Waals surface area contributed by atoms with Crippen molar-refractivity contribution in [3.05, 3.63) is 48.5 Å². The summed E-state index contributed by atoms with van der Waals surface area (Å²) in [6.45, 7) is 1.79. The second kappa shape index (κ2) is 8.08. The SMILES string of the molecule is CN(C)c1ccc(-c2cc(NCCc3ccnc4c3OCCO4)ncn2)cn1. The van der Waals surface area contributed by atoms with Gasteiger partial charge < -0.3 is 19.7 Å². The molecule has 1 aliphatic heterocycles. The predicted octanol–water partition coefficient (Wildman–Crippen LogP) is 2.43. The van der Waals surface area contributed by atoms with Crippen LogP contribution in [-0.2, 0) is 6.42 Å². The van der Waals surface area contributed by atoms with Crippen molar-refractivity contribution >= 4 is 11.6 Å². The standard InChI is InChI=1S/C20H22N6O2/c1-26(2)18-4-3-15(12-23-18)16-11-17(25-13-24-16)21-7-5-14-6-8-22-20-19(14)27-9-10-28-20/h3-4,6,8,11-13H,5,7,9-10H2,1-2H3,(H,21,24,25). The van der Waals surface area contributed by atoms with Gasteiger partial charge in [-0.25, -0.2) is 19.9 Å². The lowest BCUT2D eigenvalue weighted by molar-refractivity contribution is 0.163. The van der Waals surface area contributed by atoms with Crippen LogP contribution in [0.1, 0.15) is 5.56 Å². The van der Waals surface area contributed by atoms with Gasteiger partial charge in [-0.05, 0) is 24.6 Å². The summed E-state index contributed by atoms with van der Waals surface area (Å²) in [5.74, 6) is 2.98. The fraction of sp³-hybridized carbons (Fsp3) is 0.300. The van der Waals surface area contributed by atoms with Crippen molar-refractivity contribution in [2.75, 3.05) is 44.1 Å². The summed E-state index contributed by atoms with van der Waals surface area (Å²) >= 11 is 0. The first-order valence-electron chi connectivity index (χ1n) is 9.14. The molecule has 0 spiro atoms. The van der Waals surface area contributed by atoms with Gasteiger partial charge in [-0.15, -0.1) is 0 Å². The van der Waals surface area contributed by atoms with Gasteiger partial charge in [0.15, 0.2) is 5.75 Å². The molecule has 3 aromatic rings. The molecular weight excluding hydrogens is 356 g/mol. The Bertz CT molecular complexity index is 946. The number of nitrogens with one attached hydrogen (secondary N) is 1. The summed E-state index contributed by atoms with van der Waals surface area (Å²) in [4.78, 5) is 19.3. The van der Waals surface area contributed by atoms with Crippen LogP contribution in [-0.4, -0.2) is 53.8 Å². The van der Waals surface area contributed by atoms with Crippen LogP contribution in [0.3, 0.4) is 0 Å². The summed E-state index contributed by atoms with van der Waals surface area (Å²) in [6.07, 6.45) is 5.90. The molecule has 0 fully saturated rings. The van der Waals surface area contributed by atoms with E-state index in [2.05, 4.69) is 25.3 Å². The number of hydrogen-bond donors (Lipinski definition) is 1. The number of hydrogen-bond acceptors (Lipinski definition) is 8. The Kier molecular flexibility index (Phi) is 5.18. The van der Waals surface area contributed by atoms with Crippen LogP contribution in [0.5, 0.6) is 11.6 Å². The molecule has 0 atom stereocenters. The highest BCUT2D eigenvalue weighted by molar-refractivity contribution is 5.62. The topological polar surface area (TPSA) is 85.3 Å². The maximum Gasteiger partial charge on any atom is 0.257 e. The van der Waals surface area contributed by atoms with E-state index in [1.165, 1.54) is 0 Å². The first-order valence-corrected chi connectivity index (χ1v) is 9.14. The minimum atomic E-state index is 0.537. The number of anilines is 2. The van der Waals surface area contributed by atoms with Gasteiger partial charge in [-0.2, -0.15) is 0 Å². The van der Waals surface area contributed by atoms with Gasteiger partial charge in [-0.1, -0.05) is 0 Å². The number of fused-ring (bicyclic) bond motifs is 1. The van der Waals surface area contributed by atoms with Crippen molar-refractivity contribution < 1.29 is 9.47 Å². The Morgan fingerprint density at radius 1 is 1.04 bits per heavy atom. The first kappa shape index (κ1) is 18.0. The highest BCUT2D eigenvalue weighted by atomic mass is 16.6. The molecule has 8 heteroatoms. The Labute approximate surface area is 163 Å². The van der Waals surface area contributed by atoms with E-state index in [1.54, 1.807) is 12.5 Å². The lowest BCUT2D eigenvalue weighted by Gasteiger charge is -2.19. The van der Waals surface area contributed by atoms with E-state index >= 15 is 0 Å². The molecular formula is C20H22N6O2. The van der Waals surface area contributed by atoms with Gasteiger partial charge in [0.2, 0.25) is 0 Å². The number of pyridine rings is 2. The van der Waals surface area contributed by atoms with Crippen molar-refractivity contribution in [3.8, 4) is 22.9 Å². The molecule has 0 bridgehead atoms. The van der Waals surface area contributed by atoms with Crippen LogP contribution < -0.4 is 19.7 Å². The Morgan fingerprint density at radius 2 is 1.93 bits per heavy atom.